The number of hydrogen-bond acceptors (Lipinski definition) is 4. The first-order chi connectivity index (χ1) is 16.6. The lowest BCUT2D eigenvalue weighted by atomic mass is 9.97. The van der Waals surface area contributed by atoms with Gasteiger partial charge in [0, 0.05) is 31.0 Å². The van der Waals surface area contributed by atoms with Crippen LogP contribution in [0.25, 0.3) is 11.3 Å². The molecule has 170 valence electrons. The summed E-state index contributed by atoms with van der Waals surface area (Å²) in [7, 11) is 1.89. The normalized spacial score (nSPS) is 11.5. The van der Waals surface area contributed by atoms with Gasteiger partial charge in [0.05, 0.1) is 23.2 Å². The monoisotopic (exact) mass is 449 g/mol. The zero-order valence-electron chi connectivity index (χ0n) is 19.1. The van der Waals surface area contributed by atoms with Crippen molar-refractivity contribution in [2.45, 2.75) is 12.3 Å². The van der Waals surface area contributed by atoms with Crippen LogP contribution >= 0.6 is 0 Å². The van der Waals surface area contributed by atoms with Gasteiger partial charge in [-0.15, -0.1) is 0 Å². The Morgan fingerprint density at radius 3 is 2.38 bits per heavy atom. The van der Waals surface area contributed by atoms with Gasteiger partial charge in [0.25, 0.3) is 0 Å². The predicted molar refractivity (Wildman–Crippen MR) is 134 cm³/mol. The average Bonchev–Trinajstić information content (AvgIpc) is 3.31. The van der Waals surface area contributed by atoms with Crippen LogP contribution in [0.2, 0.25) is 0 Å². The highest BCUT2D eigenvalue weighted by molar-refractivity contribution is 5.96. The Balaban J connectivity index is 1.38. The number of rotatable bonds is 9. The van der Waals surface area contributed by atoms with E-state index in [0.29, 0.717) is 12.1 Å². The number of aromatic nitrogens is 2. The maximum absolute atomic E-state index is 13.2. The molecule has 1 aromatic heterocycles. The van der Waals surface area contributed by atoms with E-state index in [1.165, 1.54) is 0 Å². The molecule has 0 bridgehead atoms. The third-order valence-electron chi connectivity index (χ3n) is 5.70. The van der Waals surface area contributed by atoms with E-state index in [-0.39, 0.29) is 11.8 Å². The van der Waals surface area contributed by atoms with E-state index < -0.39 is 0 Å². The first-order valence-electron chi connectivity index (χ1n) is 11.3. The van der Waals surface area contributed by atoms with Crippen LogP contribution in [-0.4, -0.2) is 28.8 Å². The van der Waals surface area contributed by atoms with Gasteiger partial charge < -0.3 is 10.6 Å². The standard InChI is InChI=1S/C28H27N5O/c1-33-18-16-27(32-33)24-11-13-25(14-12-24)31-28(34)26(23-5-3-2-4-6-23)20-30-17-15-21-7-9-22(19-29)10-8-21/h2-14,16,18,26,30H,15,17,20H2,1H3,(H,31,34). The Labute approximate surface area is 199 Å². The summed E-state index contributed by atoms with van der Waals surface area (Å²) in [6, 6.07) is 29.2. The summed E-state index contributed by atoms with van der Waals surface area (Å²) in [5, 5.41) is 19.8. The molecule has 1 amide bonds. The zero-order chi connectivity index (χ0) is 23.8. The van der Waals surface area contributed by atoms with Gasteiger partial charge in [-0.2, -0.15) is 10.4 Å². The van der Waals surface area contributed by atoms with Crippen LogP contribution in [-0.2, 0) is 18.3 Å². The molecule has 0 fully saturated rings. The number of hydrogen-bond donors (Lipinski definition) is 2. The van der Waals surface area contributed by atoms with Gasteiger partial charge in [-0.3, -0.25) is 9.48 Å². The number of anilines is 1. The van der Waals surface area contributed by atoms with Gasteiger partial charge in [-0.05, 0) is 54.4 Å². The summed E-state index contributed by atoms with van der Waals surface area (Å²) in [5.74, 6) is -0.375. The maximum atomic E-state index is 13.2. The molecule has 34 heavy (non-hydrogen) atoms. The minimum absolute atomic E-state index is 0.0531. The molecular formula is C28H27N5O. The summed E-state index contributed by atoms with van der Waals surface area (Å²) >= 11 is 0. The van der Waals surface area contributed by atoms with E-state index >= 15 is 0 Å². The first kappa shape index (κ1) is 23.0. The first-order valence-corrected chi connectivity index (χ1v) is 11.3. The molecule has 3 aromatic carbocycles. The van der Waals surface area contributed by atoms with Gasteiger partial charge in [0.2, 0.25) is 5.91 Å². The second kappa shape index (κ2) is 11.1. The maximum Gasteiger partial charge on any atom is 0.233 e. The van der Waals surface area contributed by atoms with E-state index in [4.69, 9.17) is 5.26 Å². The molecule has 0 radical (unpaired) electrons. The van der Waals surface area contributed by atoms with E-state index in [0.717, 1.165) is 41.0 Å². The topological polar surface area (TPSA) is 82.7 Å². The molecule has 0 saturated heterocycles. The molecule has 0 aliphatic carbocycles. The van der Waals surface area contributed by atoms with Crippen molar-refractivity contribution >= 4 is 11.6 Å². The van der Waals surface area contributed by atoms with Crippen LogP contribution in [0.15, 0.2) is 91.1 Å². The number of nitriles is 1. The Morgan fingerprint density at radius 1 is 1.00 bits per heavy atom. The Kier molecular flexibility index (Phi) is 7.49. The van der Waals surface area contributed by atoms with Gasteiger partial charge >= 0.3 is 0 Å². The number of nitrogens with one attached hydrogen (secondary N) is 2. The highest BCUT2D eigenvalue weighted by Gasteiger charge is 2.20. The van der Waals surface area contributed by atoms with Crippen molar-refractivity contribution in [1.82, 2.24) is 15.1 Å². The number of aryl methyl sites for hydroxylation is 1. The lowest BCUT2D eigenvalue weighted by molar-refractivity contribution is -0.117. The minimum atomic E-state index is -0.322. The van der Waals surface area contributed by atoms with Crippen molar-refractivity contribution in [2.75, 3.05) is 18.4 Å². The number of amides is 1. The van der Waals surface area contributed by atoms with Crippen molar-refractivity contribution in [3.05, 3.63) is 108 Å². The quantitative estimate of drug-likeness (QED) is 0.368. The smallest absolute Gasteiger partial charge is 0.233 e. The molecule has 0 spiro atoms. The Bertz CT molecular complexity index is 1250. The lowest BCUT2D eigenvalue weighted by Crippen LogP contribution is -2.32. The van der Waals surface area contributed by atoms with E-state index in [1.807, 2.05) is 98.2 Å². The third-order valence-corrected chi connectivity index (χ3v) is 5.70. The van der Waals surface area contributed by atoms with Crippen LogP contribution in [0.3, 0.4) is 0 Å². The number of carbonyl (C=O) groups excluding carboxylic acids is 1. The largest absolute Gasteiger partial charge is 0.326 e. The van der Waals surface area contributed by atoms with Crippen LogP contribution in [0.4, 0.5) is 5.69 Å². The summed E-state index contributed by atoms with van der Waals surface area (Å²) in [4.78, 5) is 13.2. The van der Waals surface area contributed by atoms with Crippen molar-refractivity contribution in [3.8, 4) is 17.3 Å². The van der Waals surface area contributed by atoms with Crippen LogP contribution in [0.1, 0.15) is 22.6 Å². The zero-order valence-corrected chi connectivity index (χ0v) is 19.1. The van der Waals surface area contributed by atoms with Crippen LogP contribution < -0.4 is 10.6 Å². The van der Waals surface area contributed by atoms with Crippen molar-refractivity contribution in [1.29, 1.82) is 5.26 Å². The van der Waals surface area contributed by atoms with Gasteiger partial charge in [-0.1, -0.05) is 54.6 Å². The molecule has 1 heterocycles. The molecule has 6 nitrogen and oxygen atoms in total. The fraction of sp³-hybridized carbons (Fsp3) is 0.179. The van der Waals surface area contributed by atoms with Gasteiger partial charge in [0.15, 0.2) is 0 Å². The molecule has 4 aromatic rings. The summed E-state index contributed by atoms with van der Waals surface area (Å²) in [5.41, 5.74) is 5.43. The molecule has 1 atom stereocenters. The number of carbonyl (C=O) groups is 1. The molecule has 0 saturated carbocycles. The molecule has 0 aliphatic heterocycles. The van der Waals surface area contributed by atoms with E-state index in [1.54, 1.807) is 4.68 Å². The second-order valence-electron chi connectivity index (χ2n) is 8.17. The average molecular weight is 450 g/mol. The van der Waals surface area contributed by atoms with Gasteiger partial charge in [-0.25, -0.2) is 0 Å². The fourth-order valence-electron chi connectivity index (χ4n) is 3.80. The summed E-state index contributed by atoms with van der Waals surface area (Å²) in [6.45, 7) is 1.26. The van der Waals surface area contributed by atoms with Crippen molar-refractivity contribution in [2.24, 2.45) is 7.05 Å². The lowest BCUT2D eigenvalue weighted by Gasteiger charge is -2.18. The minimum Gasteiger partial charge on any atom is -0.326 e. The molecule has 6 heteroatoms. The molecule has 1 unspecified atom stereocenters. The van der Waals surface area contributed by atoms with Crippen molar-refractivity contribution < 1.29 is 4.79 Å². The Morgan fingerprint density at radius 2 is 1.74 bits per heavy atom. The summed E-state index contributed by atoms with van der Waals surface area (Å²) in [6.07, 6.45) is 2.73. The summed E-state index contributed by atoms with van der Waals surface area (Å²) < 4.78 is 1.77. The second-order valence-corrected chi connectivity index (χ2v) is 8.17. The fourth-order valence-corrected chi connectivity index (χ4v) is 3.80. The third kappa shape index (κ3) is 5.97. The number of nitrogens with zero attached hydrogens (tertiary/aromatic N) is 3. The molecule has 0 aliphatic rings. The highest BCUT2D eigenvalue weighted by atomic mass is 16.1. The molecular weight excluding hydrogens is 422 g/mol. The highest BCUT2D eigenvalue weighted by Crippen LogP contribution is 2.22. The molecule has 4 rings (SSSR count). The van der Waals surface area contributed by atoms with Gasteiger partial charge in [0.1, 0.15) is 0 Å². The molecule has 2 N–H and O–H groups in total. The van der Waals surface area contributed by atoms with Crippen LogP contribution in [0, 0.1) is 11.3 Å². The number of benzene rings is 3. The van der Waals surface area contributed by atoms with Crippen LogP contribution in [0.5, 0.6) is 0 Å². The van der Waals surface area contributed by atoms with Crippen molar-refractivity contribution in [3.63, 3.8) is 0 Å². The van der Waals surface area contributed by atoms with E-state index in [9.17, 15) is 4.79 Å². The van der Waals surface area contributed by atoms with E-state index in [2.05, 4.69) is 21.8 Å². The SMILES string of the molecule is Cn1ccc(-c2ccc(NC(=O)C(CNCCc3ccc(C#N)cc3)c3ccccc3)cc2)n1. The Hall–Kier alpha value is -4.21. The predicted octanol–water partition coefficient (Wildman–Crippen LogP) is 4.51.